The number of rotatable bonds is 15. The van der Waals surface area contributed by atoms with E-state index in [-0.39, 0.29) is 46.0 Å². The fourth-order valence-electron chi connectivity index (χ4n) is 3.15. The van der Waals surface area contributed by atoms with Crippen LogP contribution in [-0.2, 0) is 25.0 Å². The molecule has 7 heteroatoms. The van der Waals surface area contributed by atoms with Gasteiger partial charge in [-0.15, -0.1) is 0 Å². The average Bonchev–Trinajstić information content (AvgIpc) is 2.76. The maximum atomic E-state index is 12.4. The van der Waals surface area contributed by atoms with Crippen LogP contribution in [0.4, 0.5) is 0 Å². The lowest BCUT2D eigenvalue weighted by Crippen LogP contribution is -2.25. The topological polar surface area (TPSA) is 54.0 Å². The first-order chi connectivity index (χ1) is 14.9. The third kappa shape index (κ3) is 11.3. The Hall–Kier alpha value is -1.97. The minimum absolute atomic E-state index is 0.0103. The molecule has 0 aliphatic heterocycles. The van der Waals surface area contributed by atoms with Crippen LogP contribution in [0.25, 0.3) is 0 Å². The second-order valence-electron chi connectivity index (χ2n) is 7.65. The normalized spacial score (nSPS) is 15.8. The minimum atomic E-state index is -0.565. The second-order valence-corrected chi connectivity index (χ2v) is 9.17. The first kappa shape index (κ1) is 27.1. The zero-order valence-corrected chi connectivity index (χ0v) is 22.2. The lowest BCUT2D eigenvalue weighted by molar-refractivity contribution is -0.150. The van der Waals surface area contributed by atoms with Crippen molar-refractivity contribution in [3.63, 3.8) is 0 Å². The van der Waals surface area contributed by atoms with E-state index in [1.165, 1.54) is 0 Å². The van der Waals surface area contributed by atoms with Crippen LogP contribution in [0.3, 0.4) is 0 Å². The number of hydrogen-bond acceptors (Lipinski definition) is 5. The number of ether oxygens (including phenoxy) is 2. The van der Waals surface area contributed by atoms with E-state index >= 15 is 0 Å². The van der Waals surface area contributed by atoms with Crippen molar-refractivity contribution >= 4 is 31.3 Å². The second kappa shape index (κ2) is 15.8. The number of carbonyl (C=O) groups excluding carboxylic acids is 1. The van der Waals surface area contributed by atoms with E-state index < -0.39 is 9.76 Å². The molecule has 0 aliphatic carbocycles. The molecule has 0 saturated carbocycles. The summed E-state index contributed by atoms with van der Waals surface area (Å²) >= 11 is 0. The highest BCUT2D eigenvalue weighted by Crippen LogP contribution is 2.21. The highest BCUT2D eigenvalue weighted by Gasteiger charge is 2.22. The standard InChI is InChI=1S/C24H38O5Si2/c1-18(23(29-31-6)11-9-7-8-10-20(3)28-30-5)16-19(2)24(25)27-17-21-12-14-22(26-4)15-13-21/h7-9,11-15,18-20,23,30H,5,10,16-17,31H2,1-4,6H3/b8-7+,11-9+. The van der Waals surface area contributed by atoms with Crippen molar-refractivity contribution < 1.29 is 23.1 Å². The molecule has 1 aromatic carbocycles. The monoisotopic (exact) mass is 462 g/mol. The van der Waals surface area contributed by atoms with Gasteiger partial charge in [-0.2, -0.15) is 0 Å². The summed E-state index contributed by atoms with van der Waals surface area (Å²) in [4.78, 5) is 12.4. The van der Waals surface area contributed by atoms with Crippen LogP contribution in [0.5, 0.6) is 5.75 Å². The van der Waals surface area contributed by atoms with Crippen molar-refractivity contribution in [3.8, 4) is 5.75 Å². The van der Waals surface area contributed by atoms with E-state index in [1.807, 2.05) is 43.3 Å². The number of allylic oxidation sites excluding steroid dienone is 2. The van der Waals surface area contributed by atoms with E-state index in [9.17, 15) is 4.79 Å². The molecule has 0 aromatic heterocycles. The molecule has 0 N–H and O–H groups in total. The molecule has 5 nitrogen and oxygen atoms in total. The van der Waals surface area contributed by atoms with Gasteiger partial charge < -0.3 is 18.3 Å². The maximum Gasteiger partial charge on any atom is 0.308 e. The zero-order valence-electron chi connectivity index (χ0n) is 19.6. The fraction of sp³-hybridized carbons (Fsp3) is 0.500. The Bertz CT molecular complexity index is 702. The zero-order chi connectivity index (χ0) is 23.1. The smallest absolute Gasteiger partial charge is 0.308 e. The summed E-state index contributed by atoms with van der Waals surface area (Å²) in [6.45, 7) is 8.49. The van der Waals surface area contributed by atoms with Crippen molar-refractivity contribution in [2.75, 3.05) is 7.11 Å². The minimum Gasteiger partial charge on any atom is -0.551 e. The third-order valence-corrected chi connectivity index (χ3v) is 6.31. The van der Waals surface area contributed by atoms with Crippen molar-refractivity contribution in [3.05, 3.63) is 54.1 Å². The van der Waals surface area contributed by atoms with Crippen LogP contribution in [0.15, 0.2) is 48.6 Å². The predicted molar refractivity (Wildman–Crippen MR) is 133 cm³/mol. The molecule has 0 fully saturated rings. The van der Waals surface area contributed by atoms with Gasteiger partial charge in [-0.05, 0) is 37.0 Å². The van der Waals surface area contributed by atoms with Crippen molar-refractivity contribution in [2.45, 2.75) is 59.0 Å². The van der Waals surface area contributed by atoms with Crippen molar-refractivity contribution in [1.82, 2.24) is 0 Å². The molecule has 31 heavy (non-hydrogen) atoms. The quantitative estimate of drug-likeness (QED) is 0.226. The number of methoxy groups -OCH3 is 1. The average molecular weight is 463 g/mol. The molecule has 172 valence electrons. The van der Waals surface area contributed by atoms with Gasteiger partial charge in [-0.1, -0.05) is 63.0 Å². The largest absolute Gasteiger partial charge is 0.551 e. The van der Waals surface area contributed by atoms with E-state index in [0.29, 0.717) is 6.42 Å². The molecule has 0 saturated heterocycles. The molecule has 0 spiro atoms. The van der Waals surface area contributed by atoms with Gasteiger partial charge in [0.1, 0.15) is 12.4 Å². The molecule has 0 aliphatic rings. The lowest BCUT2D eigenvalue weighted by Gasteiger charge is -2.23. The van der Waals surface area contributed by atoms with Crippen LogP contribution >= 0.6 is 0 Å². The van der Waals surface area contributed by atoms with E-state index in [0.717, 1.165) is 17.7 Å². The Kier molecular flexibility index (Phi) is 13.8. The SMILES string of the molecule is C=[SiH]OC(C)C/C=C/C=C/C(O[SiH2]C)C(C)CC(C)C(=O)OCc1ccc(OC)cc1. The molecule has 4 atom stereocenters. The number of benzene rings is 1. The van der Waals surface area contributed by atoms with Crippen LogP contribution in [0, 0.1) is 11.8 Å². The molecule has 1 rings (SSSR count). The van der Waals surface area contributed by atoms with E-state index in [2.05, 4.69) is 38.7 Å². The van der Waals surface area contributed by atoms with Gasteiger partial charge >= 0.3 is 5.97 Å². The lowest BCUT2D eigenvalue weighted by atomic mass is 9.92. The first-order valence-corrected chi connectivity index (χ1v) is 14.2. The molecule has 4 unspecified atom stereocenters. The van der Waals surface area contributed by atoms with Crippen molar-refractivity contribution in [1.29, 1.82) is 0 Å². The summed E-state index contributed by atoms with van der Waals surface area (Å²) < 4.78 is 22.2. The van der Waals surface area contributed by atoms with Gasteiger partial charge in [0.2, 0.25) is 9.38 Å². The summed E-state index contributed by atoms with van der Waals surface area (Å²) in [7, 11) is 0.895. The van der Waals surface area contributed by atoms with Crippen molar-refractivity contribution in [2.24, 2.45) is 11.8 Å². The molecular formula is C24H38O5Si2. The maximum absolute atomic E-state index is 12.4. The van der Waals surface area contributed by atoms with E-state index in [4.69, 9.17) is 18.3 Å². The highest BCUT2D eigenvalue weighted by molar-refractivity contribution is 6.33. The summed E-state index contributed by atoms with van der Waals surface area (Å²) in [6, 6.07) is 7.53. The Balaban J connectivity index is 2.51. The summed E-state index contributed by atoms with van der Waals surface area (Å²) in [5.41, 5.74) is 0.943. The van der Waals surface area contributed by atoms with Crippen LogP contribution in [-0.4, -0.2) is 50.6 Å². The Morgan fingerprint density at radius 3 is 2.52 bits per heavy atom. The number of hydrogen-bond donors (Lipinski definition) is 0. The van der Waals surface area contributed by atoms with Crippen LogP contribution in [0.2, 0.25) is 6.55 Å². The predicted octanol–water partition coefficient (Wildman–Crippen LogP) is 3.61. The Labute approximate surface area is 192 Å². The van der Waals surface area contributed by atoms with Crippen LogP contribution < -0.4 is 4.74 Å². The molecule has 0 heterocycles. The Morgan fingerprint density at radius 1 is 1.19 bits per heavy atom. The summed E-state index contributed by atoms with van der Waals surface area (Å²) in [5.74, 6) is 0.635. The number of carbonyl (C=O) groups is 1. The molecule has 0 bridgehead atoms. The van der Waals surface area contributed by atoms with Gasteiger partial charge in [-0.3, -0.25) is 4.79 Å². The first-order valence-electron chi connectivity index (χ1n) is 10.9. The van der Waals surface area contributed by atoms with Gasteiger partial charge in [-0.25, -0.2) is 0 Å². The van der Waals surface area contributed by atoms with Gasteiger partial charge in [0, 0.05) is 6.42 Å². The molecule has 1 aromatic rings. The molecular weight excluding hydrogens is 424 g/mol. The fourth-order valence-corrected chi connectivity index (χ4v) is 4.41. The van der Waals surface area contributed by atoms with E-state index in [1.54, 1.807) is 7.11 Å². The molecule has 0 amide bonds. The highest BCUT2D eigenvalue weighted by atomic mass is 28.2. The van der Waals surface area contributed by atoms with Gasteiger partial charge in [0.25, 0.3) is 0 Å². The van der Waals surface area contributed by atoms with Gasteiger partial charge in [0.05, 0.1) is 25.2 Å². The summed E-state index contributed by atoms with van der Waals surface area (Å²) in [6.07, 6.45) is 13.8. The molecule has 0 radical (unpaired) electrons. The van der Waals surface area contributed by atoms with Crippen LogP contribution in [0.1, 0.15) is 39.2 Å². The van der Waals surface area contributed by atoms with Gasteiger partial charge in [0.15, 0.2) is 9.76 Å². The summed E-state index contributed by atoms with van der Waals surface area (Å²) in [5, 5.41) is 0. The Morgan fingerprint density at radius 2 is 1.90 bits per heavy atom. The number of esters is 1. The third-order valence-electron chi connectivity index (χ3n) is 4.93.